The molecule has 0 aliphatic heterocycles. The highest BCUT2D eigenvalue weighted by atomic mass is 16.5. The summed E-state index contributed by atoms with van der Waals surface area (Å²) in [7, 11) is 3.06. The molecule has 0 aromatic heterocycles. The number of carbonyl (C=O) groups is 1. The molecule has 0 bridgehead atoms. The SMILES string of the molecule is COc1cccc(/C=C/C(=O)NC[C]=O)c1OC. The number of carbonyl (C=O) groups excluding carboxylic acids is 2. The molecule has 1 amide bonds. The van der Waals surface area contributed by atoms with Crippen LogP contribution in [0, 0.1) is 0 Å². The number of nitrogens with one attached hydrogen (secondary N) is 1. The normalized spacial score (nSPS) is 10.1. The minimum Gasteiger partial charge on any atom is -0.493 e. The van der Waals surface area contributed by atoms with Crippen LogP contribution in [0.4, 0.5) is 0 Å². The van der Waals surface area contributed by atoms with E-state index in [1.807, 2.05) is 0 Å². The first-order valence-corrected chi connectivity index (χ1v) is 5.24. The molecule has 0 unspecified atom stereocenters. The maximum absolute atomic E-state index is 11.3. The lowest BCUT2D eigenvalue weighted by atomic mass is 10.1. The molecule has 95 valence electrons. The number of ether oxygens (including phenoxy) is 2. The number of hydrogen-bond acceptors (Lipinski definition) is 4. The molecule has 1 N–H and O–H groups in total. The van der Waals surface area contributed by atoms with Crippen LogP contribution < -0.4 is 14.8 Å². The molecule has 5 nitrogen and oxygen atoms in total. The molecular weight excluding hydrogens is 234 g/mol. The first kappa shape index (κ1) is 13.8. The van der Waals surface area contributed by atoms with Crippen molar-refractivity contribution in [1.82, 2.24) is 5.32 Å². The molecule has 0 saturated carbocycles. The van der Waals surface area contributed by atoms with Crippen molar-refractivity contribution in [2.75, 3.05) is 20.8 Å². The van der Waals surface area contributed by atoms with Gasteiger partial charge in [0, 0.05) is 11.6 Å². The zero-order chi connectivity index (χ0) is 13.4. The number of hydrogen-bond donors (Lipinski definition) is 1. The number of amides is 1. The molecule has 0 aliphatic carbocycles. The summed E-state index contributed by atoms with van der Waals surface area (Å²) in [6.07, 6.45) is 4.48. The maximum atomic E-state index is 11.3. The van der Waals surface area contributed by atoms with Gasteiger partial charge in [-0.15, -0.1) is 0 Å². The molecule has 0 saturated heterocycles. The van der Waals surface area contributed by atoms with Crippen LogP contribution in [-0.4, -0.2) is 33.0 Å². The molecule has 5 heteroatoms. The largest absolute Gasteiger partial charge is 0.493 e. The fraction of sp³-hybridized carbons (Fsp3) is 0.231. The lowest BCUT2D eigenvalue weighted by molar-refractivity contribution is -0.116. The third-order valence-electron chi connectivity index (χ3n) is 2.18. The second-order valence-corrected chi connectivity index (χ2v) is 3.28. The Bertz CT molecular complexity index is 454. The number of para-hydroxylation sites is 1. The summed E-state index contributed by atoms with van der Waals surface area (Å²) in [4.78, 5) is 21.2. The number of rotatable bonds is 6. The van der Waals surface area contributed by atoms with Gasteiger partial charge in [0.1, 0.15) is 0 Å². The lowest BCUT2D eigenvalue weighted by Gasteiger charge is -2.09. The standard InChI is InChI=1S/C13H14NO4/c1-17-11-5-3-4-10(13(11)18-2)6-7-12(16)14-8-9-15/h3-7H,8H2,1-2H3,(H,14,16)/b7-6+. The summed E-state index contributed by atoms with van der Waals surface area (Å²) in [5.41, 5.74) is 0.710. The second kappa shape index (κ2) is 7.11. The molecule has 0 fully saturated rings. The Morgan fingerprint density at radius 3 is 2.78 bits per heavy atom. The van der Waals surface area contributed by atoms with Crippen molar-refractivity contribution >= 4 is 18.3 Å². The van der Waals surface area contributed by atoms with Crippen LogP contribution in [-0.2, 0) is 9.59 Å². The quantitative estimate of drug-likeness (QED) is 0.761. The van der Waals surface area contributed by atoms with E-state index in [-0.39, 0.29) is 12.5 Å². The van der Waals surface area contributed by atoms with Crippen LogP contribution in [0.25, 0.3) is 6.08 Å². The topological polar surface area (TPSA) is 64.6 Å². The van der Waals surface area contributed by atoms with Crippen LogP contribution in [0.1, 0.15) is 5.56 Å². The van der Waals surface area contributed by atoms with Crippen molar-refractivity contribution in [3.05, 3.63) is 29.8 Å². The highest BCUT2D eigenvalue weighted by Crippen LogP contribution is 2.31. The maximum Gasteiger partial charge on any atom is 0.244 e. The molecule has 0 spiro atoms. The van der Waals surface area contributed by atoms with Crippen LogP contribution in [0.5, 0.6) is 11.5 Å². The average molecular weight is 248 g/mol. The zero-order valence-corrected chi connectivity index (χ0v) is 10.2. The third kappa shape index (κ3) is 3.62. The minimum absolute atomic E-state index is 0.127. The Morgan fingerprint density at radius 1 is 1.39 bits per heavy atom. The van der Waals surface area contributed by atoms with Crippen molar-refractivity contribution < 1.29 is 19.1 Å². The zero-order valence-electron chi connectivity index (χ0n) is 10.2. The highest BCUT2D eigenvalue weighted by molar-refractivity contribution is 5.93. The average Bonchev–Trinajstić information content (AvgIpc) is 2.41. The predicted octanol–water partition coefficient (Wildman–Crippen LogP) is 0.943. The Balaban J connectivity index is 2.86. The molecule has 1 aromatic carbocycles. The van der Waals surface area contributed by atoms with E-state index in [1.165, 1.54) is 20.3 Å². The van der Waals surface area contributed by atoms with Gasteiger partial charge in [0.2, 0.25) is 12.2 Å². The Morgan fingerprint density at radius 2 is 2.17 bits per heavy atom. The molecular formula is C13H14NO4. The number of benzene rings is 1. The van der Waals surface area contributed by atoms with Crippen LogP contribution >= 0.6 is 0 Å². The fourth-order valence-corrected chi connectivity index (χ4v) is 1.39. The molecule has 1 radical (unpaired) electrons. The predicted molar refractivity (Wildman–Crippen MR) is 67.3 cm³/mol. The van der Waals surface area contributed by atoms with Gasteiger partial charge in [0.25, 0.3) is 0 Å². The van der Waals surface area contributed by atoms with E-state index in [0.717, 1.165) is 0 Å². The van der Waals surface area contributed by atoms with Gasteiger partial charge in [-0.25, -0.2) is 0 Å². The summed E-state index contributed by atoms with van der Waals surface area (Å²) in [6, 6.07) is 5.34. The monoisotopic (exact) mass is 248 g/mol. The molecule has 18 heavy (non-hydrogen) atoms. The van der Waals surface area contributed by atoms with Crippen molar-refractivity contribution in [3.8, 4) is 11.5 Å². The van der Waals surface area contributed by atoms with Crippen molar-refractivity contribution in [2.24, 2.45) is 0 Å². The van der Waals surface area contributed by atoms with E-state index >= 15 is 0 Å². The van der Waals surface area contributed by atoms with Gasteiger partial charge < -0.3 is 14.8 Å². The lowest BCUT2D eigenvalue weighted by Crippen LogP contribution is -2.22. The molecule has 0 atom stereocenters. The minimum atomic E-state index is -0.372. The van der Waals surface area contributed by atoms with Gasteiger partial charge >= 0.3 is 0 Å². The smallest absolute Gasteiger partial charge is 0.244 e. The van der Waals surface area contributed by atoms with E-state index in [9.17, 15) is 9.59 Å². The van der Waals surface area contributed by atoms with Gasteiger partial charge in [0.15, 0.2) is 11.5 Å². The van der Waals surface area contributed by atoms with E-state index in [1.54, 1.807) is 30.6 Å². The Hall–Kier alpha value is -2.30. The van der Waals surface area contributed by atoms with Crippen LogP contribution in [0.15, 0.2) is 24.3 Å². The van der Waals surface area contributed by atoms with E-state index in [4.69, 9.17) is 9.47 Å². The van der Waals surface area contributed by atoms with Gasteiger partial charge in [-0.1, -0.05) is 12.1 Å². The summed E-state index contributed by atoms with van der Waals surface area (Å²) >= 11 is 0. The summed E-state index contributed by atoms with van der Waals surface area (Å²) in [5, 5.41) is 2.35. The van der Waals surface area contributed by atoms with Gasteiger partial charge in [-0.3, -0.25) is 9.59 Å². The van der Waals surface area contributed by atoms with Gasteiger partial charge in [-0.2, -0.15) is 0 Å². The van der Waals surface area contributed by atoms with Crippen LogP contribution in [0.2, 0.25) is 0 Å². The van der Waals surface area contributed by atoms with Crippen molar-refractivity contribution in [1.29, 1.82) is 0 Å². The third-order valence-corrected chi connectivity index (χ3v) is 2.18. The molecule has 0 heterocycles. The molecule has 1 aromatic rings. The van der Waals surface area contributed by atoms with Crippen LogP contribution in [0.3, 0.4) is 0 Å². The summed E-state index contributed by atoms with van der Waals surface area (Å²) in [5.74, 6) is 0.760. The molecule has 0 aliphatic rings. The second-order valence-electron chi connectivity index (χ2n) is 3.28. The molecule has 1 rings (SSSR count). The first-order valence-electron chi connectivity index (χ1n) is 5.24. The summed E-state index contributed by atoms with van der Waals surface area (Å²) < 4.78 is 10.3. The van der Waals surface area contributed by atoms with Gasteiger partial charge in [0.05, 0.1) is 20.8 Å². The number of methoxy groups -OCH3 is 2. The Kier molecular flexibility index (Phi) is 5.44. The van der Waals surface area contributed by atoms with E-state index in [2.05, 4.69) is 5.32 Å². The first-order chi connectivity index (χ1) is 8.72. The Labute approximate surface area is 105 Å². The van der Waals surface area contributed by atoms with E-state index < -0.39 is 0 Å². The fourth-order valence-electron chi connectivity index (χ4n) is 1.39. The van der Waals surface area contributed by atoms with E-state index in [0.29, 0.717) is 17.1 Å². The van der Waals surface area contributed by atoms with Crippen molar-refractivity contribution in [2.45, 2.75) is 0 Å². The van der Waals surface area contributed by atoms with Crippen molar-refractivity contribution in [3.63, 3.8) is 0 Å². The van der Waals surface area contributed by atoms with Gasteiger partial charge in [-0.05, 0) is 12.1 Å². The summed E-state index contributed by atoms with van der Waals surface area (Å²) in [6.45, 7) is -0.127. The highest BCUT2D eigenvalue weighted by Gasteiger charge is 2.06.